The zero-order valence-corrected chi connectivity index (χ0v) is 11.4. The molecule has 2 rings (SSSR count). The maximum absolute atomic E-state index is 10.9. The van der Waals surface area contributed by atoms with Crippen LogP contribution in [0.25, 0.3) is 0 Å². The molecule has 0 spiro atoms. The summed E-state index contributed by atoms with van der Waals surface area (Å²) >= 11 is 5.77. The summed E-state index contributed by atoms with van der Waals surface area (Å²) in [6.45, 7) is 2.30. The van der Waals surface area contributed by atoms with E-state index in [1.54, 1.807) is 12.1 Å². The summed E-state index contributed by atoms with van der Waals surface area (Å²) in [7, 11) is 1.96. The van der Waals surface area contributed by atoms with Crippen LogP contribution in [0, 0.1) is 10.1 Å². The van der Waals surface area contributed by atoms with Gasteiger partial charge >= 0.3 is 0 Å². The zero-order chi connectivity index (χ0) is 13.8. The van der Waals surface area contributed by atoms with Crippen molar-refractivity contribution < 1.29 is 4.92 Å². The van der Waals surface area contributed by atoms with Crippen molar-refractivity contribution in [2.24, 2.45) is 4.99 Å². The lowest BCUT2D eigenvalue weighted by Crippen LogP contribution is -2.36. The van der Waals surface area contributed by atoms with Crippen molar-refractivity contribution in [2.45, 2.75) is 6.42 Å². The molecule has 0 atom stereocenters. The molecule has 1 aliphatic heterocycles. The molecule has 0 radical (unpaired) electrons. The summed E-state index contributed by atoms with van der Waals surface area (Å²) in [5, 5.41) is 14.5. The van der Waals surface area contributed by atoms with E-state index in [9.17, 15) is 10.1 Å². The van der Waals surface area contributed by atoms with Crippen LogP contribution in [0.5, 0.6) is 0 Å². The second-order valence-electron chi connectivity index (χ2n) is 4.33. The third-order valence-corrected chi connectivity index (χ3v) is 3.22. The molecule has 19 heavy (non-hydrogen) atoms. The number of nitro benzene ring substituents is 1. The van der Waals surface area contributed by atoms with Crippen LogP contribution < -0.4 is 5.32 Å². The highest BCUT2D eigenvalue weighted by molar-refractivity contribution is 6.30. The summed E-state index contributed by atoms with van der Waals surface area (Å²) in [6, 6.07) is 4.75. The van der Waals surface area contributed by atoms with Gasteiger partial charge in [0.2, 0.25) is 0 Å². The van der Waals surface area contributed by atoms with Gasteiger partial charge in [0.25, 0.3) is 5.69 Å². The maximum atomic E-state index is 10.9. The number of nitrogens with zero attached hydrogens (tertiary/aromatic N) is 3. The Labute approximate surface area is 116 Å². The Kier molecular flexibility index (Phi) is 4.21. The standard InChI is InChI=1S/C12H15ClN4O2/c1-16-7-6-15-12(16)14-5-4-9-2-3-10(13)8-11(9)17(18)19/h2-3,8H,4-7H2,1H3,(H,14,15). The Bertz CT molecular complexity index is 518. The number of halogens is 1. The smallest absolute Gasteiger partial charge is 0.274 e. The van der Waals surface area contributed by atoms with Gasteiger partial charge in [-0.25, -0.2) is 0 Å². The second-order valence-corrected chi connectivity index (χ2v) is 4.77. The Morgan fingerprint density at radius 2 is 2.37 bits per heavy atom. The second kappa shape index (κ2) is 5.88. The lowest BCUT2D eigenvalue weighted by Gasteiger charge is -2.15. The highest BCUT2D eigenvalue weighted by atomic mass is 35.5. The fraction of sp³-hybridized carbons (Fsp3) is 0.417. The first-order valence-corrected chi connectivity index (χ1v) is 6.38. The van der Waals surface area contributed by atoms with E-state index in [-0.39, 0.29) is 5.69 Å². The molecular weight excluding hydrogens is 268 g/mol. The number of nitro groups is 1. The lowest BCUT2D eigenvalue weighted by atomic mass is 10.1. The molecule has 0 aromatic heterocycles. The van der Waals surface area contributed by atoms with Crippen molar-refractivity contribution in [3.05, 3.63) is 38.9 Å². The molecule has 1 aliphatic rings. The SMILES string of the molecule is CN1CCN=C1NCCc1ccc(Cl)cc1[N+](=O)[O-]. The van der Waals surface area contributed by atoms with Crippen LogP contribution in [0.1, 0.15) is 5.56 Å². The first kappa shape index (κ1) is 13.6. The summed E-state index contributed by atoms with van der Waals surface area (Å²) < 4.78 is 0. The molecule has 0 saturated carbocycles. The van der Waals surface area contributed by atoms with Gasteiger partial charge in [0.1, 0.15) is 0 Å². The van der Waals surface area contributed by atoms with E-state index >= 15 is 0 Å². The lowest BCUT2D eigenvalue weighted by molar-refractivity contribution is -0.385. The normalized spacial score (nSPS) is 14.4. The number of hydrogen-bond acceptors (Lipinski definition) is 5. The monoisotopic (exact) mass is 282 g/mol. The van der Waals surface area contributed by atoms with E-state index in [0.717, 1.165) is 19.0 Å². The molecule has 0 saturated heterocycles. The highest BCUT2D eigenvalue weighted by Crippen LogP contribution is 2.23. The minimum absolute atomic E-state index is 0.0658. The molecule has 0 bridgehead atoms. The van der Waals surface area contributed by atoms with Gasteiger partial charge in [0.05, 0.1) is 11.5 Å². The van der Waals surface area contributed by atoms with Gasteiger partial charge in [0, 0.05) is 36.8 Å². The molecule has 1 aromatic carbocycles. The molecule has 1 aromatic rings. The summed E-state index contributed by atoms with van der Waals surface area (Å²) in [5.74, 6) is 0.844. The van der Waals surface area contributed by atoms with Crippen molar-refractivity contribution in [2.75, 3.05) is 26.7 Å². The molecular formula is C12H15ClN4O2. The van der Waals surface area contributed by atoms with Crippen LogP contribution >= 0.6 is 11.6 Å². The minimum atomic E-state index is -0.402. The third-order valence-electron chi connectivity index (χ3n) is 2.98. The Balaban J connectivity index is 1.98. The predicted octanol–water partition coefficient (Wildman–Crippen LogP) is 1.68. The number of benzene rings is 1. The zero-order valence-electron chi connectivity index (χ0n) is 10.6. The number of nitrogens with one attached hydrogen (secondary N) is 1. The molecule has 0 amide bonds. The molecule has 0 fully saturated rings. The quantitative estimate of drug-likeness (QED) is 0.674. The van der Waals surface area contributed by atoms with Crippen molar-refractivity contribution in [3.8, 4) is 0 Å². The molecule has 0 aliphatic carbocycles. The van der Waals surface area contributed by atoms with Crippen molar-refractivity contribution in [1.29, 1.82) is 0 Å². The molecule has 0 unspecified atom stereocenters. The van der Waals surface area contributed by atoms with Crippen LogP contribution in [-0.2, 0) is 6.42 Å². The Hall–Kier alpha value is -1.82. The van der Waals surface area contributed by atoms with E-state index in [1.807, 2.05) is 11.9 Å². The molecule has 7 heteroatoms. The number of likely N-dealkylation sites (N-methyl/N-ethyl adjacent to an activating group) is 1. The van der Waals surface area contributed by atoms with Gasteiger partial charge in [-0.05, 0) is 12.5 Å². The van der Waals surface area contributed by atoms with E-state index in [4.69, 9.17) is 11.6 Å². The van der Waals surface area contributed by atoms with Crippen molar-refractivity contribution in [1.82, 2.24) is 10.2 Å². The topological polar surface area (TPSA) is 70.8 Å². The van der Waals surface area contributed by atoms with Crippen LogP contribution in [-0.4, -0.2) is 42.5 Å². The number of rotatable bonds is 4. The largest absolute Gasteiger partial charge is 0.356 e. The van der Waals surface area contributed by atoms with E-state index < -0.39 is 4.92 Å². The van der Waals surface area contributed by atoms with E-state index in [2.05, 4.69) is 10.3 Å². The maximum Gasteiger partial charge on any atom is 0.274 e. The molecule has 102 valence electrons. The molecule has 1 N–H and O–H groups in total. The fourth-order valence-corrected chi connectivity index (χ4v) is 2.12. The number of aliphatic imine (C=N–C) groups is 1. The average molecular weight is 283 g/mol. The van der Waals surface area contributed by atoms with Gasteiger partial charge in [-0.15, -0.1) is 0 Å². The van der Waals surface area contributed by atoms with Crippen LogP contribution in [0.15, 0.2) is 23.2 Å². The van der Waals surface area contributed by atoms with Gasteiger partial charge < -0.3 is 10.2 Å². The molecule has 1 heterocycles. The highest BCUT2D eigenvalue weighted by Gasteiger charge is 2.15. The van der Waals surface area contributed by atoms with Crippen LogP contribution in [0.3, 0.4) is 0 Å². The number of guanidine groups is 1. The summed E-state index contributed by atoms with van der Waals surface area (Å²) in [5.41, 5.74) is 0.735. The first-order valence-electron chi connectivity index (χ1n) is 6.00. The van der Waals surface area contributed by atoms with Gasteiger partial charge in [0.15, 0.2) is 5.96 Å². The summed E-state index contributed by atoms with van der Waals surface area (Å²) in [4.78, 5) is 16.9. The summed E-state index contributed by atoms with van der Waals surface area (Å²) in [6.07, 6.45) is 0.556. The third kappa shape index (κ3) is 3.35. The Morgan fingerprint density at radius 1 is 1.58 bits per heavy atom. The minimum Gasteiger partial charge on any atom is -0.356 e. The fourth-order valence-electron chi connectivity index (χ4n) is 1.95. The van der Waals surface area contributed by atoms with Crippen molar-refractivity contribution in [3.63, 3.8) is 0 Å². The van der Waals surface area contributed by atoms with Crippen LogP contribution in [0.4, 0.5) is 5.69 Å². The van der Waals surface area contributed by atoms with E-state index in [1.165, 1.54) is 6.07 Å². The van der Waals surface area contributed by atoms with Gasteiger partial charge in [-0.3, -0.25) is 15.1 Å². The van der Waals surface area contributed by atoms with Crippen molar-refractivity contribution >= 4 is 23.2 Å². The molecule has 6 nitrogen and oxygen atoms in total. The average Bonchev–Trinajstić information content (AvgIpc) is 2.77. The first-order chi connectivity index (χ1) is 9.08. The number of hydrogen-bond donors (Lipinski definition) is 1. The van der Waals surface area contributed by atoms with E-state index in [0.29, 0.717) is 23.6 Å². The van der Waals surface area contributed by atoms with Gasteiger partial charge in [-0.1, -0.05) is 17.7 Å². The Morgan fingerprint density at radius 3 is 3.00 bits per heavy atom. The predicted molar refractivity (Wildman–Crippen MR) is 74.7 cm³/mol. The van der Waals surface area contributed by atoms with Crippen LogP contribution in [0.2, 0.25) is 5.02 Å². The van der Waals surface area contributed by atoms with Gasteiger partial charge in [-0.2, -0.15) is 0 Å².